The van der Waals surface area contributed by atoms with Crippen LogP contribution in [0, 0.1) is 0 Å². The van der Waals surface area contributed by atoms with Gasteiger partial charge in [-0.15, -0.1) is 0 Å². The number of halogens is 1. The van der Waals surface area contributed by atoms with Crippen LogP contribution in [0.25, 0.3) is 0 Å². The summed E-state index contributed by atoms with van der Waals surface area (Å²) in [6, 6.07) is 5.63. The zero-order valence-corrected chi connectivity index (χ0v) is 10.4. The third-order valence-corrected chi connectivity index (χ3v) is 2.80. The fourth-order valence-electron chi connectivity index (χ4n) is 1.61. The number of hydrogen-bond acceptors (Lipinski definition) is 2. The van der Waals surface area contributed by atoms with Crippen molar-refractivity contribution >= 4 is 15.9 Å². The topological polar surface area (TPSA) is 32.3 Å². The second kappa shape index (κ2) is 4.32. The second-order valence-electron chi connectivity index (χ2n) is 4.08. The lowest BCUT2D eigenvalue weighted by Gasteiger charge is -2.25. The first kappa shape index (κ1) is 11.5. The van der Waals surface area contributed by atoms with E-state index >= 15 is 0 Å². The van der Waals surface area contributed by atoms with Gasteiger partial charge in [0.25, 0.3) is 0 Å². The maximum absolute atomic E-state index is 9.80. The van der Waals surface area contributed by atoms with Crippen LogP contribution >= 0.6 is 15.9 Å². The number of aromatic hydroxyl groups is 1. The number of phenolic OH excluding ortho intramolecular Hbond substituents is 1. The number of nitrogens with one attached hydrogen (secondary N) is 1. The molecule has 0 bridgehead atoms. The van der Waals surface area contributed by atoms with E-state index in [-0.39, 0.29) is 5.41 Å². The number of benzene rings is 1. The van der Waals surface area contributed by atoms with Crippen molar-refractivity contribution in [1.29, 1.82) is 0 Å². The Balaban J connectivity index is 3.06. The van der Waals surface area contributed by atoms with Crippen LogP contribution in [0.4, 0.5) is 0 Å². The number of hydrogen-bond donors (Lipinski definition) is 2. The van der Waals surface area contributed by atoms with E-state index in [1.54, 1.807) is 6.07 Å². The molecule has 0 saturated heterocycles. The SMILES string of the molecule is CNCC(C)(C)c1ccc(Br)cc1O. The standard InChI is InChI=1S/C11H16BrNO/c1-11(2,7-13-3)9-5-4-8(12)6-10(9)14/h4-6,13-14H,7H2,1-3H3. The number of phenols is 1. The molecular weight excluding hydrogens is 242 g/mol. The van der Waals surface area contributed by atoms with Crippen molar-refractivity contribution in [1.82, 2.24) is 5.32 Å². The van der Waals surface area contributed by atoms with Gasteiger partial charge in [-0.05, 0) is 19.2 Å². The first-order valence-corrected chi connectivity index (χ1v) is 5.40. The predicted octanol–water partition coefficient (Wildman–Crippen LogP) is 2.65. The smallest absolute Gasteiger partial charge is 0.120 e. The monoisotopic (exact) mass is 257 g/mol. The summed E-state index contributed by atoms with van der Waals surface area (Å²) in [6.45, 7) is 5.04. The van der Waals surface area contributed by atoms with Gasteiger partial charge in [-0.2, -0.15) is 0 Å². The Morgan fingerprint density at radius 3 is 2.57 bits per heavy atom. The lowest BCUT2D eigenvalue weighted by Crippen LogP contribution is -2.30. The van der Waals surface area contributed by atoms with E-state index in [4.69, 9.17) is 0 Å². The Bertz CT molecular complexity index is 323. The zero-order valence-electron chi connectivity index (χ0n) is 8.76. The fraction of sp³-hybridized carbons (Fsp3) is 0.455. The molecule has 0 spiro atoms. The molecular formula is C11H16BrNO. The van der Waals surface area contributed by atoms with E-state index in [9.17, 15) is 5.11 Å². The van der Waals surface area contributed by atoms with Crippen LogP contribution < -0.4 is 5.32 Å². The van der Waals surface area contributed by atoms with Crippen LogP contribution in [0.1, 0.15) is 19.4 Å². The Labute approximate surface area is 93.5 Å². The van der Waals surface area contributed by atoms with Crippen LogP contribution in [0.5, 0.6) is 5.75 Å². The molecule has 0 atom stereocenters. The molecule has 78 valence electrons. The average Bonchev–Trinajstić information content (AvgIpc) is 2.02. The number of likely N-dealkylation sites (N-methyl/N-ethyl adjacent to an activating group) is 1. The third-order valence-electron chi connectivity index (χ3n) is 2.31. The van der Waals surface area contributed by atoms with Gasteiger partial charge < -0.3 is 10.4 Å². The van der Waals surface area contributed by atoms with Gasteiger partial charge in [-0.3, -0.25) is 0 Å². The van der Waals surface area contributed by atoms with Gasteiger partial charge in [-0.1, -0.05) is 35.8 Å². The zero-order chi connectivity index (χ0) is 10.8. The molecule has 0 radical (unpaired) electrons. The molecule has 1 aromatic carbocycles. The van der Waals surface area contributed by atoms with E-state index in [1.807, 2.05) is 19.2 Å². The molecule has 0 unspecified atom stereocenters. The highest BCUT2D eigenvalue weighted by molar-refractivity contribution is 9.10. The van der Waals surface area contributed by atoms with E-state index in [0.717, 1.165) is 16.6 Å². The molecule has 0 aromatic heterocycles. The summed E-state index contributed by atoms with van der Waals surface area (Å²) in [5, 5.41) is 12.9. The highest BCUT2D eigenvalue weighted by Gasteiger charge is 2.22. The van der Waals surface area contributed by atoms with Gasteiger partial charge in [0.05, 0.1) is 0 Å². The van der Waals surface area contributed by atoms with Gasteiger partial charge in [0, 0.05) is 22.0 Å². The molecule has 2 N–H and O–H groups in total. The lowest BCUT2D eigenvalue weighted by molar-refractivity contribution is 0.426. The van der Waals surface area contributed by atoms with Gasteiger partial charge in [-0.25, -0.2) is 0 Å². The highest BCUT2D eigenvalue weighted by Crippen LogP contribution is 2.32. The minimum atomic E-state index is -0.0560. The van der Waals surface area contributed by atoms with Gasteiger partial charge in [0.1, 0.15) is 5.75 Å². The maximum atomic E-state index is 9.80. The summed E-state index contributed by atoms with van der Waals surface area (Å²) >= 11 is 3.33. The third kappa shape index (κ3) is 2.49. The maximum Gasteiger partial charge on any atom is 0.120 e. The molecule has 0 fully saturated rings. The molecule has 3 heteroatoms. The molecule has 14 heavy (non-hydrogen) atoms. The van der Waals surface area contributed by atoms with E-state index in [0.29, 0.717) is 5.75 Å². The molecule has 1 aromatic rings. The molecule has 0 heterocycles. The Hall–Kier alpha value is -0.540. The summed E-state index contributed by atoms with van der Waals surface area (Å²) < 4.78 is 0.902. The molecule has 0 aliphatic rings. The van der Waals surface area contributed by atoms with Crippen LogP contribution in [0.2, 0.25) is 0 Å². The predicted molar refractivity (Wildman–Crippen MR) is 62.8 cm³/mol. The second-order valence-corrected chi connectivity index (χ2v) is 4.99. The van der Waals surface area contributed by atoms with Crippen molar-refractivity contribution < 1.29 is 5.11 Å². The number of rotatable bonds is 3. The Kier molecular flexibility index (Phi) is 3.56. The van der Waals surface area contributed by atoms with Crippen molar-refractivity contribution in [2.75, 3.05) is 13.6 Å². The summed E-state index contributed by atoms with van der Waals surface area (Å²) in [5.41, 5.74) is 0.912. The fourth-order valence-corrected chi connectivity index (χ4v) is 1.96. The minimum absolute atomic E-state index is 0.0560. The largest absolute Gasteiger partial charge is 0.508 e. The molecule has 2 nitrogen and oxygen atoms in total. The minimum Gasteiger partial charge on any atom is -0.508 e. The first-order valence-electron chi connectivity index (χ1n) is 4.61. The van der Waals surface area contributed by atoms with Gasteiger partial charge in [0.2, 0.25) is 0 Å². The van der Waals surface area contributed by atoms with Gasteiger partial charge >= 0.3 is 0 Å². The summed E-state index contributed by atoms with van der Waals surface area (Å²) in [5.74, 6) is 0.347. The Morgan fingerprint density at radius 2 is 2.07 bits per heavy atom. The summed E-state index contributed by atoms with van der Waals surface area (Å²) in [4.78, 5) is 0. The van der Waals surface area contributed by atoms with Crippen molar-refractivity contribution in [3.63, 3.8) is 0 Å². The van der Waals surface area contributed by atoms with Crippen LogP contribution in [0.15, 0.2) is 22.7 Å². The molecule has 0 saturated carbocycles. The van der Waals surface area contributed by atoms with E-state index in [1.165, 1.54) is 0 Å². The molecule has 0 aliphatic carbocycles. The average molecular weight is 258 g/mol. The van der Waals surface area contributed by atoms with Gasteiger partial charge in [0.15, 0.2) is 0 Å². The molecule has 1 rings (SSSR count). The van der Waals surface area contributed by atoms with Crippen molar-refractivity contribution in [2.24, 2.45) is 0 Å². The quantitative estimate of drug-likeness (QED) is 0.873. The van der Waals surface area contributed by atoms with Crippen molar-refractivity contribution in [3.8, 4) is 5.75 Å². The van der Waals surface area contributed by atoms with E-state index < -0.39 is 0 Å². The van der Waals surface area contributed by atoms with E-state index in [2.05, 4.69) is 35.1 Å². The lowest BCUT2D eigenvalue weighted by atomic mass is 9.84. The normalized spacial score (nSPS) is 11.7. The Morgan fingerprint density at radius 1 is 1.43 bits per heavy atom. The molecule has 0 amide bonds. The van der Waals surface area contributed by atoms with Crippen molar-refractivity contribution in [2.45, 2.75) is 19.3 Å². The summed E-state index contributed by atoms with van der Waals surface area (Å²) in [6.07, 6.45) is 0. The summed E-state index contributed by atoms with van der Waals surface area (Å²) in [7, 11) is 1.91. The molecule has 0 aliphatic heterocycles. The van der Waals surface area contributed by atoms with Crippen molar-refractivity contribution in [3.05, 3.63) is 28.2 Å². The van der Waals surface area contributed by atoms with Crippen LogP contribution in [-0.2, 0) is 5.41 Å². The van der Waals surface area contributed by atoms with Crippen LogP contribution in [-0.4, -0.2) is 18.7 Å². The first-order chi connectivity index (χ1) is 6.47. The highest BCUT2D eigenvalue weighted by atomic mass is 79.9. The van der Waals surface area contributed by atoms with Crippen LogP contribution in [0.3, 0.4) is 0 Å².